The smallest absolute Gasteiger partial charge is 0.338 e. The minimum absolute atomic E-state index is 0.224. The number of hydrogen-bond acceptors (Lipinski definition) is 7. The Morgan fingerprint density at radius 3 is 2.40 bits per heavy atom. The summed E-state index contributed by atoms with van der Waals surface area (Å²) in [6.07, 6.45) is 1.81. The number of hydrogen-bond donors (Lipinski definition) is 0. The molecule has 0 spiro atoms. The number of aryl methyl sites for hydroxylation is 1. The number of aromatic nitrogens is 1. The molecule has 42 heavy (non-hydrogen) atoms. The van der Waals surface area contributed by atoms with E-state index in [2.05, 4.69) is 4.99 Å². The summed E-state index contributed by atoms with van der Waals surface area (Å²) in [6.45, 7) is 8.47. The first-order valence-electron chi connectivity index (χ1n) is 13.7. The van der Waals surface area contributed by atoms with Crippen LogP contribution in [0.15, 0.2) is 87.8 Å². The number of carbonyl (C=O) groups excluding carboxylic acids is 1. The van der Waals surface area contributed by atoms with Gasteiger partial charge in [0.15, 0.2) is 16.3 Å². The van der Waals surface area contributed by atoms with Gasteiger partial charge in [-0.2, -0.15) is 0 Å². The second-order valence-corrected chi connectivity index (χ2v) is 11.2. The van der Waals surface area contributed by atoms with E-state index >= 15 is 0 Å². The summed E-state index contributed by atoms with van der Waals surface area (Å²) in [5.74, 6) is 0.694. The van der Waals surface area contributed by atoms with Gasteiger partial charge in [-0.15, -0.1) is 0 Å². The molecule has 0 N–H and O–H groups in total. The van der Waals surface area contributed by atoms with Crippen LogP contribution in [0.4, 0.5) is 0 Å². The van der Waals surface area contributed by atoms with Crippen molar-refractivity contribution in [3.05, 3.63) is 125 Å². The number of fused-ring (bicyclic) bond motifs is 1. The van der Waals surface area contributed by atoms with Gasteiger partial charge in [0, 0.05) is 5.02 Å². The van der Waals surface area contributed by atoms with Crippen molar-refractivity contribution < 1.29 is 19.0 Å². The van der Waals surface area contributed by atoms with Crippen LogP contribution in [0, 0.1) is 6.92 Å². The lowest BCUT2D eigenvalue weighted by molar-refractivity contribution is -0.139. The number of rotatable bonds is 9. The molecule has 0 saturated heterocycles. The summed E-state index contributed by atoms with van der Waals surface area (Å²) in [5.41, 5.74) is 4.30. The van der Waals surface area contributed by atoms with Crippen LogP contribution < -0.4 is 24.4 Å². The first-order chi connectivity index (χ1) is 20.3. The Morgan fingerprint density at radius 1 is 0.976 bits per heavy atom. The van der Waals surface area contributed by atoms with E-state index in [0.717, 1.165) is 22.3 Å². The fourth-order valence-electron chi connectivity index (χ4n) is 4.75. The zero-order valence-electron chi connectivity index (χ0n) is 23.8. The van der Waals surface area contributed by atoms with Crippen molar-refractivity contribution in [3.8, 4) is 11.5 Å². The molecule has 0 radical (unpaired) electrons. The molecule has 1 aliphatic heterocycles. The molecule has 3 aromatic carbocycles. The van der Waals surface area contributed by atoms with Gasteiger partial charge in [0.25, 0.3) is 5.56 Å². The van der Waals surface area contributed by atoms with E-state index in [4.69, 9.17) is 25.8 Å². The number of allylic oxidation sites excluding steroid dienone is 1. The van der Waals surface area contributed by atoms with Crippen LogP contribution in [0.1, 0.15) is 49.1 Å². The van der Waals surface area contributed by atoms with Crippen LogP contribution in [0.3, 0.4) is 0 Å². The second kappa shape index (κ2) is 12.8. The topological polar surface area (TPSA) is 79.1 Å². The number of ether oxygens (including phenoxy) is 3. The highest BCUT2D eigenvalue weighted by Gasteiger charge is 2.33. The first-order valence-corrected chi connectivity index (χ1v) is 14.9. The molecule has 0 aliphatic carbocycles. The fraction of sp³-hybridized carbons (Fsp3) is 0.242. The summed E-state index contributed by atoms with van der Waals surface area (Å²) < 4.78 is 19.4. The molecule has 0 bridgehead atoms. The number of nitrogens with zero attached hydrogens (tertiary/aromatic N) is 2. The van der Waals surface area contributed by atoms with Crippen LogP contribution in [-0.2, 0) is 16.1 Å². The zero-order chi connectivity index (χ0) is 29.8. The van der Waals surface area contributed by atoms with Gasteiger partial charge in [0.2, 0.25) is 0 Å². The standard InChI is InChI=1S/C33H31ClN2O5S/c1-5-39-27-17-23(11-16-26(27)41-19-22-9-14-25(34)15-10-22)18-28-31(37)36-30(24-12-7-20(3)8-13-24)29(32(38)40-6-2)21(4)35-33(36)42-28/h7-18,30H,5-6,19H2,1-4H3/b28-18-/t30-/m1/s1. The van der Waals surface area contributed by atoms with Gasteiger partial charge < -0.3 is 14.2 Å². The lowest BCUT2D eigenvalue weighted by Gasteiger charge is -2.24. The summed E-state index contributed by atoms with van der Waals surface area (Å²) in [6, 6.07) is 20.2. The maximum Gasteiger partial charge on any atom is 0.338 e. The maximum atomic E-state index is 13.9. The number of thiazole rings is 1. The van der Waals surface area contributed by atoms with Gasteiger partial charge in [-0.05, 0) is 74.7 Å². The van der Waals surface area contributed by atoms with Gasteiger partial charge in [0.1, 0.15) is 6.61 Å². The van der Waals surface area contributed by atoms with E-state index in [1.807, 2.05) is 86.7 Å². The van der Waals surface area contributed by atoms with Crippen molar-refractivity contribution in [2.24, 2.45) is 4.99 Å². The number of halogens is 1. The van der Waals surface area contributed by atoms with Gasteiger partial charge in [-0.1, -0.05) is 71.0 Å². The Labute approximate surface area is 253 Å². The molecule has 1 atom stereocenters. The van der Waals surface area contributed by atoms with Crippen molar-refractivity contribution >= 4 is 35.0 Å². The normalized spacial score (nSPS) is 14.8. The molecule has 0 fully saturated rings. The SMILES string of the molecule is CCOC(=O)C1=C(C)N=c2s/c(=C\c3ccc(OCc4ccc(Cl)cc4)c(OCC)c3)c(=O)n2[C@@H]1c1ccc(C)cc1. The highest BCUT2D eigenvalue weighted by Crippen LogP contribution is 2.32. The average Bonchev–Trinajstić information content (AvgIpc) is 3.27. The van der Waals surface area contributed by atoms with Gasteiger partial charge in [0.05, 0.1) is 35.1 Å². The Kier molecular flexibility index (Phi) is 8.94. The molecule has 0 saturated carbocycles. The van der Waals surface area contributed by atoms with Crippen LogP contribution in [0.5, 0.6) is 11.5 Å². The predicted molar refractivity (Wildman–Crippen MR) is 165 cm³/mol. The lowest BCUT2D eigenvalue weighted by Crippen LogP contribution is -2.39. The van der Waals surface area contributed by atoms with Crippen molar-refractivity contribution in [2.75, 3.05) is 13.2 Å². The molecule has 0 amide bonds. The molecular weight excluding hydrogens is 572 g/mol. The Hall–Kier alpha value is -4.14. The molecule has 216 valence electrons. The van der Waals surface area contributed by atoms with Gasteiger partial charge in [-0.25, -0.2) is 9.79 Å². The highest BCUT2D eigenvalue weighted by molar-refractivity contribution is 7.07. The molecular formula is C33H31ClN2O5S. The van der Waals surface area contributed by atoms with E-state index < -0.39 is 12.0 Å². The van der Waals surface area contributed by atoms with Crippen LogP contribution in [0.2, 0.25) is 5.02 Å². The van der Waals surface area contributed by atoms with Crippen molar-refractivity contribution in [1.82, 2.24) is 4.57 Å². The lowest BCUT2D eigenvalue weighted by atomic mass is 9.95. The molecule has 1 aromatic heterocycles. The highest BCUT2D eigenvalue weighted by atomic mass is 35.5. The Morgan fingerprint density at radius 2 is 1.71 bits per heavy atom. The molecule has 7 nitrogen and oxygen atoms in total. The summed E-state index contributed by atoms with van der Waals surface area (Å²) in [4.78, 5) is 32.2. The molecule has 2 heterocycles. The number of benzene rings is 3. The van der Waals surface area contributed by atoms with Gasteiger partial charge in [-0.3, -0.25) is 9.36 Å². The molecule has 5 rings (SSSR count). The van der Waals surface area contributed by atoms with E-state index in [9.17, 15) is 9.59 Å². The quantitative estimate of drug-likeness (QED) is 0.228. The molecule has 1 aliphatic rings. The minimum atomic E-state index is -0.648. The first kappa shape index (κ1) is 29.4. The zero-order valence-corrected chi connectivity index (χ0v) is 25.4. The summed E-state index contributed by atoms with van der Waals surface area (Å²) in [5, 5.41) is 0.667. The second-order valence-electron chi connectivity index (χ2n) is 9.77. The third-order valence-corrected chi connectivity index (χ3v) is 8.02. The minimum Gasteiger partial charge on any atom is -0.490 e. The van der Waals surface area contributed by atoms with E-state index in [0.29, 0.717) is 50.3 Å². The van der Waals surface area contributed by atoms with Crippen LogP contribution >= 0.6 is 22.9 Å². The van der Waals surface area contributed by atoms with Crippen LogP contribution in [0.25, 0.3) is 6.08 Å². The largest absolute Gasteiger partial charge is 0.490 e. The third-order valence-electron chi connectivity index (χ3n) is 6.78. The van der Waals surface area contributed by atoms with Crippen molar-refractivity contribution in [3.63, 3.8) is 0 Å². The van der Waals surface area contributed by atoms with Crippen molar-refractivity contribution in [2.45, 2.75) is 40.3 Å². The summed E-state index contributed by atoms with van der Waals surface area (Å²) in [7, 11) is 0. The number of esters is 1. The molecule has 0 unspecified atom stereocenters. The summed E-state index contributed by atoms with van der Waals surface area (Å²) >= 11 is 7.27. The predicted octanol–water partition coefficient (Wildman–Crippen LogP) is 5.74. The van der Waals surface area contributed by atoms with E-state index in [1.54, 1.807) is 18.4 Å². The van der Waals surface area contributed by atoms with Crippen LogP contribution in [-0.4, -0.2) is 23.8 Å². The van der Waals surface area contributed by atoms with E-state index in [-0.39, 0.29) is 12.2 Å². The average molecular weight is 603 g/mol. The molecule has 4 aromatic rings. The number of carbonyl (C=O) groups is 1. The maximum absolute atomic E-state index is 13.9. The third kappa shape index (κ3) is 6.20. The monoisotopic (exact) mass is 602 g/mol. The molecule has 9 heteroatoms. The van der Waals surface area contributed by atoms with Crippen molar-refractivity contribution in [1.29, 1.82) is 0 Å². The Bertz CT molecular complexity index is 1820. The fourth-order valence-corrected chi connectivity index (χ4v) is 5.92. The van der Waals surface area contributed by atoms with Gasteiger partial charge >= 0.3 is 5.97 Å². The van der Waals surface area contributed by atoms with E-state index in [1.165, 1.54) is 11.3 Å². The Balaban J connectivity index is 1.54.